The lowest BCUT2D eigenvalue weighted by Gasteiger charge is -2.31. The molecule has 0 radical (unpaired) electrons. The number of halogens is 3. The first-order valence-electron chi connectivity index (χ1n) is 9.19. The van der Waals surface area contributed by atoms with Gasteiger partial charge in [0.2, 0.25) is 0 Å². The molecule has 1 N–H and O–H groups in total. The van der Waals surface area contributed by atoms with Crippen molar-refractivity contribution in [2.45, 2.75) is 44.8 Å². The number of carbonyl (C=O) groups is 1. The fraction of sp³-hybridized carbons (Fsp3) is 0.318. The third-order valence-corrected chi connectivity index (χ3v) is 6.33. The standard InChI is InChI=1S/C22H19Cl2FO3/c1-3-11-10-12(14-6-7-15(23)19(25)18(14)24)4-5-13(11)17-20(26)16-8-9-22(2,28-16)21(17)27/h4-7,10,16,27H,3,8-9H2,1-2H3. The third-order valence-electron chi connectivity index (χ3n) is 5.66. The van der Waals surface area contributed by atoms with E-state index < -0.39 is 17.5 Å². The monoisotopic (exact) mass is 420 g/mol. The zero-order valence-electron chi connectivity index (χ0n) is 15.5. The maximum Gasteiger partial charge on any atom is 0.195 e. The fourth-order valence-electron chi connectivity index (χ4n) is 4.05. The van der Waals surface area contributed by atoms with Crippen molar-refractivity contribution in [2.24, 2.45) is 0 Å². The van der Waals surface area contributed by atoms with Crippen LogP contribution in [0.4, 0.5) is 4.39 Å². The van der Waals surface area contributed by atoms with Crippen molar-refractivity contribution >= 4 is 34.6 Å². The Morgan fingerprint density at radius 1 is 1.25 bits per heavy atom. The molecule has 0 amide bonds. The van der Waals surface area contributed by atoms with Gasteiger partial charge < -0.3 is 9.84 Å². The summed E-state index contributed by atoms with van der Waals surface area (Å²) < 4.78 is 19.8. The zero-order valence-corrected chi connectivity index (χ0v) is 17.0. The van der Waals surface area contributed by atoms with Gasteiger partial charge in [-0.2, -0.15) is 0 Å². The Hall–Kier alpha value is -1.88. The number of hydrogen-bond donors (Lipinski definition) is 1. The van der Waals surface area contributed by atoms with Crippen LogP contribution in [0.2, 0.25) is 10.0 Å². The normalized spacial score (nSPS) is 24.2. The molecule has 0 spiro atoms. The Balaban J connectivity index is 1.85. The summed E-state index contributed by atoms with van der Waals surface area (Å²) in [6.07, 6.45) is 1.32. The number of rotatable bonds is 3. The second kappa shape index (κ2) is 6.87. The average Bonchev–Trinajstić information content (AvgIpc) is 3.06. The molecule has 0 aromatic heterocycles. The van der Waals surface area contributed by atoms with E-state index in [4.69, 9.17) is 27.9 Å². The number of hydrogen-bond acceptors (Lipinski definition) is 3. The van der Waals surface area contributed by atoms with Crippen molar-refractivity contribution < 1.29 is 19.0 Å². The first-order chi connectivity index (χ1) is 13.3. The van der Waals surface area contributed by atoms with Crippen LogP contribution in [-0.4, -0.2) is 22.6 Å². The summed E-state index contributed by atoms with van der Waals surface area (Å²) in [7, 11) is 0. The minimum absolute atomic E-state index is 0.00994. The number of ether oxygens (including phenoxy) is 1. The largest absolute Gasteiger partial charge is 0.508 e. The van der Waals surface area contributed by atoms with Gasteiger partial charge in [-0.05, 0) is 48.9 Å². The molecule has 1 saturated heterocycles. The molecule has 6 heteroatoms. The molecule has 0 aliphatic carbocycles. The molecule has 2 unspecified atom stereocenters. The van der Waals surface area contributed by atoms with Crippen LogP contribution in [0.5, 0.6) is 0 Å². The van der Waals surface area contributed by atoms with Gasteiger partial charge in [-0.15, -0.1) is 0 Å². The van der Waals surface area contributed by atoms with Crippen LogP contribution in [0, 0.1) is 5.82 Å². The van der Waals surface area contributed by atoms with E-state index in [1.54, 1.807) is 18.2 Å². The van der Waals surface area contributed by atoms with Gasteiger partial charge in [0.05, 0.1) is 15.6 Å². The molecule has 2 heterocycles. The van der Waals surface area contributed by atoms with Crippen molar-refractivity contribution in [3.05, 3.63) is 63.1 Å². The molecular weight excluding hydrogens is 402 g/mol. The molecule has 2 atom stereocenters. The maximum absolute atomic E-state index is 14.1. The summed E-state index contributed by atoms with van der Waals surface area (Å²) in [5, 5.41) is 10.7. The van der Waals surface area contributed by atoms with Crippen LogP contribution in [-0.2, 0) is 16.0 Å². The summed E-state index contributed by atoms with van der Waals surface area (Å²) in [5.41, 5.74) is 2.29. The number of Topliss-reactive ketones (excluding diaryl/α,β-unsaturated/α-hetero) is 1. The van der Waals surface area contributed by atoms with Crippen molar-refractivity contribution in [3.8, 4) is 11.1 Å². The second-order valence-corrected chi connectivity index (χ2v) is 8.20. The molecule has 2 aliphatic heterocycles. The Morgan fingerprint density at radius 2 is 1.96 bits per heavy atom. The lowest BCUT2D eigenvalue weighted by molar-refractivity contribution is -0.130. The molecule has 28 heavy (non-hydrogen) atoms. The number of carbonyl (C=O) groups excluding carboxylic acids is 1. The quantitative estimate of drug-likeness (QED) is 0.605. The zero-order chi connectivity index (χ0) is 20.2. The Labute approximate surface area is 172 Å². The van der Waals surface area contributed by atoms with Gasteiger partial charge in [-0.3, -0.25) is 4.79 Å². The number of aryl methyl sites for hydroxylation is 1. The minimum Gasteiger partial charge on any atom is -0.508 e. The summed E-state index contributed by atoms with van der Waals surface area (Å²) >= 11 is 11.9. The smallest absolute Gasteiger partial charge is 0.195 e. The van der Waals surface area contributed by atoms with Crippen LogP contribution in [0.15, 0.2) is 36.1 Å². The topological polar surface area (TPSA) is 46.5 Å². The Morgan fingerprint density at radius 3 is 2.68 bits per heavy atom. The lowest BCUT2D eigenvalue weighted by Crippen LogP contribution is -2.37. The molecule has 146 valence electrons. The molecule has 4 rings (SSSR count). The maximum atomic E-state index is 14.1. The molecular formula is C22H19Cl2FO3. The Kier molecular flexibility index (Phi) is 4.77. The van der Waals surface area contributed by atoms with Gasteiger partial charge in [0.25, 0.3) is 0 Å². The number of fused-ring (bicyclic) bond motifs is 2. The van der Waals surface area contributed by atoms with Gasteiger partial charge in [0.15, 0.2) is 11.6 Å². The van der Waals surface area contributed by atoms with Gasteiger partial charge in [0, 0.05) is 5.56 Å². The molecule has 1 fully saturated rings. The predicted octanol–water partition coefficient (Wildman–Crippen LogP) is 6.15. The highest BCUT2D eigenvalue weighted by atomic mass is 35.5. The van der Waals surface area contributed by atoms with E-state index in [1.165, 1.54) is 6.07 Å². The van der Waals surface area contributed by atoms with Crippen LogP contribution >= 0.6 is 23.2 Å². The SMILES string of the molecule is CCc1cc(-c2ccc(Cl)c(F)c2Cl)ccc1C1=C(O)C2(C)CCC(O2)C1=O. The lowest BCUT2D eigenvalue weighted by atomic mass is 9.87. The van der Waals surface area contributed by atoms with E-state index in [1.807, 2.05) is 19.9 Å². The molecule has 2 aromatic carbocycles. The molecule has 0 saturated carbocycles. The average molecular weight is 421 g/mol. The summed E-state index contributed by atoms with van der Waals surface area (Å²) in [5.74, 6) is -0.859. The first kappa shape index (κ1) is 19.4. The van der Waals surface area contributed by atoms with Crippen LogP contribution in [0.25, 0.3) is 16.7 Å². The van der Waals surface area contributed by atoms with E-state index >= 15 is 0 Å². The molecule has 2 aromatic rings. The number of ketones is 1. The molecule has 2 bridgehead atoms. The minimum atomic E-state index is -0.819. The fourth-order valence-corrected chi connectivity index (χ4v) is 4.53. The van der Waals surface area contributed by atoms with E-state index in [0.29, 0.717) is 36.0 Å². The Bertz CT molecular complexity index is 1030. The summed E-state index contributed by atoms with van der Waals surface area (Å²) in [4.78, 5) is 12.9. The van der Waals surface area contributed by atoms with Crippen molar-refractivity contribution in [3.63, 3.8) is 0 Å². The van der Waals surface area contributed by atoms with Crippen molar-refractivity contribution in [1.82, 2.24) is 0 Å². The summed E-state index contributed by atoms with van der Waals surface area (Å²) in [6.45, 7) is 3.77. The van der Waals surface area contributed by atoms with Gasteiger partial charge >= 0.3 is 0 Å². The van der Waals surface area contributed by atoms with E-state index in [0.717, 1.165) is 11.1 Å². The number of aliphatic hydroxyl groups excluding tert-OH is 1. The highest BCUT2D eigenvalue weighted by molar-refractivity contribution is 6.36. The van der Waals surface area contributed by atoms with Gasteiger partial charge in [0.1, 0.15) is 17.5 Å². The number of aliphatic hydroxyl groups is 1. The van der Waals surface area contributed by atoms with Crippen LogP contribution < -0.4 is 0 Å². The van der Waals surface area contributed by atoms with Crippen molar-refractivity contribution in [1.29, 1.82) is 0 Å². The van der Waals surface area contributed by atoms with E-state index in [2.05, 4.69) is 0 Å². The number of benzene rings is 2. The first-order valence-corrected chi connectivity index (χ1v) is 9.95. The van der Waals surface area contributed by atoms with Gasteiger partial charge in [-0.25, -0.2) is 4.39 Å². The second-order valence-electron chi connectivity index (χ2n) is 7.41. The van der Waals surface area contributed by atoms with Gasteiger partial charge in [-0.1, -0.05) is 54.4 Å². The third kappa shape index (κ3) is 2.86. The summed E-state index contributed by atoms with van der Waals surface area (Å²) in [6, 6.07) is 8.56. The predicted molar refractivity (Wildman–Crippen MR) is 108 cm³/mol. The molecule has 2 aliphatic rings. The van der Waals surface area contributed by atoms with Crippen molar-refractivity contribution in [2.75, 3.05) is 0 Å². The highest BCUT2D eigenvalue weighted by Gasteiger charge is 2.50. The van der Waals surface area contributed by atoms with E-state index in [-0.39, 0.29) is 21.6 Å². The van der Waals surface area contributed by atoms with E-state index in [9.17, 15) is 14.3 Å². The highest BCUT2D eigenvalue weighted by Crippen LogP contribution is 2.46. The van der Waals surface area contributed by atoms with Crippen LogP contribution in [0.3, 0.4) is 0 Å². The molecule has 3 nitrogen and oxygen atoms in total. The van der Waals surface area contributed by atoms with Crippen LogP contribution in [0.1, 0.15) is 37.8 Å².